The maximum absolute atomic E-state index is 14.5. The van der Waals surface area contributed by atoms with E-state index in [2.05, 4.69) is 0 Å². The van der Waals surface area contributed by atoms with Crippen molar-refractivity contribution in [2.45, 2.75) is 31.0 Å². The molecule has 1 heterocycles. The number of carbonyl (C=O) groups is 1. The van der Waals surface area contributed by atoms with E-state index in [0.717, 1.165) is 0 Å². The zero-order chi connectivity index (χ0) is 27.3. The highest BCUT2D eigenvalue weighted by molar-refractivity contribution is 6.31. The van der Waals surface area contributed by atoms with Gasteiger partial charge >= 0.3 is 17.8 Å². The van der Waals surface area contributed by atoms with Gasteiger partial charge in [0.1, 0.15) is 0 Å². The first-order valence-corrected chi connectivity index (χ1v) is 11.7. The van der Waals surface area contributed by atoms with Gasteiger partial charge in [-0.15, -0.1) is 0 Å². The third kappa shape index (κ3) is 4.53. The van der Waals surface area contributed by atoms with Crippen LogP contribution in [0.1, 0.15) is 29.5 Å². The first kappa shape index (κ1) is 26.5. The number of halogens is 4. The molecule has 1 aromatic heterocycles. The minimum absolute atomic E-state index is 0.0375. The molecule has 0 amide bonds. The van der Waals surface area contributed by atoms with Crippen LogP contribution in [0, 0.1) is 0 Å². The topological polar surface area (TPSA) is 84.5 Å². The maximum Gasteiger partial charge on any atom is 0.422 e. The molecule has 4 aromatic rings. The third-order valence-electron chi connectivity index (χ3n) is 6.88. The van der Waals surface area contributed by atoms with Crippen molar-refractivity contribution in [3.8, 4) is 11.1 Å². The number of hydrogen-bond acceptors (Lipinski definition) is 3. The van der Waals surface area contributed by atoms with E-state index in [1.807, 2.05) is 0 Å². The third-order valence-corrected chi connectivity index (χ3v) is 7.21. The number of rotatable bonds is 6. The minimum atomic E-state index is -5.06. The lowest BCUT2D eigenvalue weighted by Gasteiger charge is -2.37. The Morgan fingerprint density at radius 3 is 2.11 bits per heavy atom. The fraction of sp³-hybridized carbons (Fsp3) is 0.259. The predicted molar refractivity (Wildman–Crippen MR) is 135 cm³/mol. The van der Waals surface area contributed by atoms with Crippen molar-refractivity contribution in [3.05, 3.63) is 92.9 Å². The first-order chi connectivity index (χ1) is 17.3. The summed E-state index contributed by atoms with van der Waals surface area (Å²) in [5, 5.41) is 20.2. The standard InChI is InChI=1S/C27H24ClF3N2O4/c1-15(20-10-8-18(13-21(20)28)17-6-4-16(5-7-17)12-24(34)35)26(37,27(29,30)31)19-9-11-22-23(14-19)33(3)25(36)32(22)2/h4-11,13-15,37H,12H2,1-3H3,(H,34,35). The lowest BCUT2D eigenvalue weighted by molar-refractivity contribution is -0.274. The van der Waals surface area contributed by atoms with Gasteiger partial charge < -0.3 is 10.2 Å². The van der Waals surface area contributed by atoms with Crippen LogP contribution < -0.4 is 5.69 Å². The highest BCUT2D eigenvalue weighted by Crippen LogP contribution is 2.50. The molecule has 0 saturated carbocycles. The largest absolute Gasteiger partial charge is 0.481 e. The second kappa shape index (κ2) is 9.39. The number of alkyl halides is 3. The van der Waals surface area contributed by atoms with E-state index < -0.39 is 34.9 Å². The summed E-state index contributed by atoms with van der Waals surface area (Å²) in [5.41, 5.74) is -1.38. The highest BCUT2D eigenvalue weighted by Gasteiger charge is 2.59. The average Bonchev–Trinajstić information content (AvgIpc) is 3.06. The zero-order valence-electron chi connectivity index (χ0n) is 20.2. The number of carboxylic acids is 1. The van der Waals surface area contributed by atoms with Gasteiger partial charge in [-0.1, -0.05) is 61.0 Å². The Balaban J connectivity index is 1.76. The summed E-state index contributed by atoms with van der Waals surface area (Å²) in [7, 11) is 2.97. The van der Waals surface area contributed by atoms with E-state index in [4.69, 9.17) is 16.7 Å². The second-order valence-corrected chi connectivity index (χ2v) is 9.50. The molecule has 3 aromatic carbocycles. The van der Waals surface area contributed by atoms with E-state index in [0.29, 0.717) is 22.2 Å². The van der Waals surface area contributed by atoms with Gasteiger partial charge in [-0.05, 0) is 46.0 Å². The molecule has 0 aliphatic heterocycles. The molecule has 0 bridgehead atoms. The van der Waals surface area contributed by atoms with Gasteiger partial charge in [0.05, 0.1) is 17.5 Å². The molecule has 6 nitrogen and oxygen atoms in total. The molecule has 0 aliphatic rings. The van der Waals surface area contributed by atoms with Gasteiger partial charge in [0.2, 0.25) is 0 Å². The molecule has 0 fully saturated rings. The van der Waals surface area contributed by atoms with E-state index in [9.17, 15) is 27.9 Å². The summed E-state index contributed by atoms with van der Waals surface area (Å²) in [6.45, 7) is 1.25. The van der Waals surface area contributed by atoms with Crippen LogP contribution in [0.25, 0.3) is 22.2 Å². The highest BCUT2D eigenvalue weighted by atomic mass is 35.5. The number of aromatic nitrogens is 2. The smallest absolute Gasteiger partial charge is 0.422 e. The number of imidazole rings is 1. The Morgan fingerprint density at radius 1 is 0.946 bits per heavy atom. The fourth-order valence-electron chi connectivity index (χ4n) is 4.68. The number of aryl methyl sites for hydroxylation is 2. The van der Waals surface area contributed by atoms with E-state index in [-0.39, 0.29) is 22.5 Å². The van der Waals surface area contributed by atoms with Crippen molar-refractivity contribution in [3.63, 3.8) is 0 Å². The van der Waals surface area contributed by atoms with Crippen LogP contribution in [-0.4, -0.2) is 31.5 Å². The summed E-state index contributed by atoms with van der Waals surface area (Å²) >= 11 is 6.46. The number of benzene rings is 3. The van der Waals surface area contributed by atoms with E-state index in [1.54, 1.807) is 30.3 Å². The number of aliphatic carboxylic acids is 1. The van der Waals surface area contributed by atoms with Crippen molar-refractivity contribution < 1.29 is 28.2 Å². The summed E-state index contributed by atoms with van der Waals surface area (Å²) in [4.78, 5) is 23.1. The van der Waals surface area contributed by atoms with Crippen molar-refractivity contribution in [2.24, 2.45) is 14.1 Å². The number of aliphatic hydroxyl groups is 1. The second-order valence-electron chi connectivity index (χ2n) is 9.09. The molecule has 0 radical (unpaired) electrons. The Bertz CT molecular complexity index is 1560. The maximum atomic E-state index is 14.5. The average molecular weight is 533 g/mol. The van der Waals surface area contributed by atoms with Gasteiger partial charge in [-0.2, -0.15) is 13.2 Å². The molecule has 0 spiro atoms. The van der Waals surface area contributed by atoms with Gasteiger partial charge in [0.15, 0.2) is 5.60 Å². The molecule has 2 unspecified atom stereocenters. The summed E-state index contributed by atoms with van der Waals surface area (Å²) in [6, 6.07) is 15.0. The predicted octanol–water partition coefficient (Wildman–Crippen LogP) is 5.38. The van der Waals surface area contributed by atoms with Crippen LogP contribution in [0.2, 0.25) is 5.02 Å². The molecule has 2 atom stereocenters. The normalized spacial score (nSPS) is 14.5. The Morgan fingerprint density at radius 2 is 1.54 bits per heavy atom. The van der Waals surface area contributed by atoms with E-state index in [1.165, 1.54) is 60.5 Å². The summed E-state index contributed by atoms with van der Waals surface area (Å²) in [5.74, 6) is -2.45. The lowest BCUT2D eigenvalue weighted by atomic mass is 9.77. The van der Waals surface area contributed by atoms with Crippen LogP contribution in [0.3, 0.4) is 0 Å². The molecule has 0 aliphatic carbocycles. The summed E-state index contributed by atoms with van der Waals surface area (Å²) in [6.07, 6.45) is -5.19. The quantitative estimate of drug-likeness (QED) is 0.349. The first-order valence-electron chi connectivity index (χ1n) is 11.3. The van der Waals surface area contributed by atoms with Crippen LogP contribution in [-0.2, 0) is 30.9 Å². The van der Waals surface area contributed by atoms with Crippen molar-refractivity contribution >= 4 is 28.6 Å². The molecular formula is C27H24ClF3N2O4. The molecule has 2 N–H and O–H groups in total. The van der Waals surface area contributed by atoms with Gasteiger partial charge in [0, 0.05) is 25.0 Å². The fourth-order valence-corrected chi connectivity index (χ4v) is 5.02. The van der Waals surface area contributed by atoms with Crippen LogP contribution in [0.15, 0.2) is 65.5 Å². The SMILES string of the molecule is CC(c1ccc(-c2ccc(CC(=O)O)cc2)cc1Cl)C(O)(c1ccc2c(c1)n(C)c(=O)n2C)C(F)(F)F. The Kier molecular flexibility index (Phi) is 6.73. The number of carboxylic acid groups (broad SMARTS) is 1. The molecule has 37 heavy (non-hydrogen) atoms. The number of hydrogen-bond donors (Lipinski definition) is 2. The van der Waals surface area contributed by atoms with Crippen molar-refractivity contribution in [2.75, 3.05) is 0 Å². The number of fused-ring (bicyclic) bond motifs is 1. The van der Waals surface area contributed by atoms with Crippen LogP contribution in [0.4, 0.5) is 13.2 Å². The van der Waals surface area contributed by atoms with Gasteiger partial charge in [-0.3, -0.25) is 13.9 Å². The minimum Gasteiger partial charge on any atom is -0.481 e. The summed E-state index contributed by atoms with van der Waals surface area (Å²) < 4.78 is 46.1. The molecule has 0 saturated heterocycles. The number of nitrogens with zero attached hydrogens (tertiary/aromatic N) is 2. The monoisotopic (exact) mass is 532 g/mol. The molecule has 10 heteroatoms. The van der Waals surface area contributed by atoms with E-state index >= 15 is 0 Å². The molecule has 4 rings (SSSR count). The van der Waals surface area contributed by atoms with Gasteiger partial charge in [0.25, 0.3) is 0 Å². The van der Waals surface area contributed by atoms with Crippen molar-refractivity contribution in [1.29, 1.82) is 0 Å². The molecular weight excluding hydrogens is 509 g/mol. The Labute approximate surface area is 215 Å². The lowest BCUT2D eigenvalue weighted by Crippen LogP contribution is -2.46. The Hall–Kier alpha value is -3.56. The van der Waals surface area contributed by atoms with Crippen LogP contribution >= 0.6 is 11.6 Å². The van der Waals surface area contributed by atoms with Crippen molar-refractivity contribution in [1.82, 2.24) is 9.13 Å². The van der Waals surface area contributed by atoms with Crippen LogP contribution in [0.5, 0.6) is 0 Å². The zero-order valence-corrected chi connectivity index (χ0v) is 20.9. The molecule has 194 valence electrons. The van der Waals surface area contributed by atoms with Gasteiger partial charge in [-0.25, -0.2) is 4.79 Å².